The lowest BCUT2D eigenvalue weighted by Gasteiger charge is -2.23. The number of nitrogens with zero attached hydrogens (tertiary/aromatic N) is 1. The van der Waals surface area contributed by atoms with E-state index < -0.39 is 0 Å². The van der Waals surface area contributed by atoms with Gasteiger partial charge in [-0.25, -0.2) is 0 Å². The van der Waals surface area contributed by atoms with Crippen LogP contribution in [0.3, 0.4) is 0 Å². The Labute approximate surface area is 142 Å². The Morgan fingerprint density at radius 1 is 1.29 bits per heavy atom. The van der Waals surface area contributed by atoms with Gasteiger partial charge in [-0.1, -0.05) is 0 Å². The van der Waals surface area contributed by atoms with Crippen LogP contribution in [0.5, 0.6) is 5.75 Å². The van der Waals surface area contributed by atoms with Crippen molar-refractivity contribution in [2.75, 3.05) is 33.4 Å². The molecule has 0 radical (unpaired) electrons. The van der Waals surface area contributed by atoms with Gasteiger partial charge in [-0.05, 0) is 49.4 Å². The number of hydrogen-bond donors (Lipinski definition) is 2. The third kappa shape index (κ3) is 5.23. The number of benzene rings is 1. The lowest BCUT2D eigenvalue weighted by atomic mass is 10.00. The van der Waals surface area contributed by atoms with Crippen LogP contribution in [0, 0.1) is 5.92 Å². The second-order valence-electron chi connectivity index (χ2n) is 6.10. The summed E-state index contributed by atoms with van der Waals surface area (Å²) in [6.45, 7) is 1.69. The molecular weight excluding hydrogens is 308 g/mol. The molecule has 6 nitrogen and oxygen atoms in total. The molecule has 2 N–H and O–H groups in total. The molecule has 24 heavy (non-hydrogen) atoms. The molecule has 1 aliphatic rings. The van der Waals surface area contributed by atoms with Crippen LogP contribution in [0.1, 0.15) is 36.0 Å². The summed E-state index contributed by atoms with van der Waals surface area (Å²) in [6.07, 6.45) is 2.74. The minimum atomic E-state index is -0.0785. The molecule has 0 aliphatic carbocycles. The van der Waals surface area contributed by atoms with E-state index in [-0.39, 0.29) is 24.3 Å². The van der Waals surface area contributed by atoms with E-state index in [2.05, 4.69) is 5.32 Å². The first-order valence-electron chi connectivity index (χ1n) is 8.45. The van der Waals surface area contributed by atoms with Gasteiger partial charge in [0.2, 0.25) is 5.91 Å². The van der Waals surface area contributed by atoms with Crippen LogP contribution in [-0.2, 0) is 4.79 Å². The van der Waals surface area contributed by atoms with Crippen molar-refractivity contribution in [2.24, 2.45) is 5.92 Å². The van der Waals surface area contributed by atoms with Gasteiger partial charge >= 0.3 is 0 Å². The highest BCUT2D eigenvalue weighted by atomic mass is 16.5. The first kappa shape index (κ1) is 18.3. The summed E-state index contributed by atoms with van der Waals surface area (Å²) in [6, 6.07) is 6.99. The van der Waals surface area contributed by atoms with Crippen molar-refractivity contribution in [3.05, 3.63) is 29.8 Å². The molecule has 1 saturated heterocycles. The van der Waals surface area contributed by atoms with E-state index in [9.17, 15) is 14.7 Å². The Hall–Kier alpha value is -2.08. The Morgan fingerprint density at radius 3 is 2.71 bits per heavy atom. The second kappa shape index (κ2) is 9.27. The first-order chi connectivity index (χ1) is 11.6. The molecule has 0 spiro atoms. The molecule has 1 aromatic carbocycles. The number of hydrogen-bond acceptors (Lipinski definition) is 4. The van der Waals surface area contributed by atoms with Gasteiger partial charge in [0.1, 0.15) is 5.75 Å². The summed E-state index contributed by atoms with van der Waals surface area (Å²) < 4.78 is 5.11. The predicted molar refractivity (Wildman–Crippen MR) is 91.0 cm³/mol. The highest BCUT2D eigenvalue weighted by Crippen LogP contribution is 2.16. The SMILES string of the molecule is COc1ccc(C(=O)N2CCCC(CO)CCNC(=O)CC2)cc1. The van der Waals surface area contributed by atoms with Gasteiger partial charge in [-0.3, -0.25) is 9.59 Å². The van der Waals surface area contributed by atoms with Crippen LogP contribution in [0.25, 0.3) is 0 Å². The summed E-state index contributed by atoms with van der Waals surface area (Å²) in [5.74, 6) is 0.738. The molecule has 6 heteroatoms. The monoisotopic (exact) mass is 334 g/mol. The fraction of sp³-hybridized carbons (Fsp3) is 0.556. The van der Waals surface area contributed by atoms with Gasteiger partial charge in [-0.15, -0.1) is 0 Å². The molecule has 2 rings (SSSR count). The zero-order valence-corrected chi connectivity index (χ0v) is 14.2. The predicted octanol–water partition coefficient (Wildman–Crippen LogP) is 1.44. The molecular formula is C18H26N2O4. The summed E-state index contributed by atoms with van der Waals surface area (Å²) in [4.78, 5) is 26.3. The lowest BCUT2D eigenvalue weighted by molar-refractivity contribution is -0.121. The van der Waals surface area contributed by atoms with Gasteiger partial charge < -0.3 is 20.1 Å². The third-order valence-electron chi connectivity index (χ3n) is 4.41. The Bertz CT molecular complexity index is 544. The number of amides is 2. The number of rotatable bonds is 3. The van der Waals surface area contributed by atoms with Crippen molar-refractivity contribution in [1.29, 1.82) is 0 Å². The highest BCUT2D eigenvalue weighted by Gasteiger charge is 2.19. The number of aliphatic hydroxyl groups excluding tert-OH is 1. The zero-order valence-electron chi connectivity index (χ0n) is 14.2. The standard InChI is InChI=1S/C18H26N2O4/c1-24-16-6-4-15(5-7-16)18(23)20-11-2-3-14(13-21)8-10-19-17(22)9-12-20/h4-7,14,21H,2-3,8-13H2,1H3,(H,19,22). The van der Waals surface area contributed by atoms with Crippen molar-refractivity contribution in [2.45, 2.75) is 25.7 Å². The van der Waals surface area contributed by atoms with Crippen LogP contribution in [0.15, 0.2) is 24.3 Å². The van der Waals surface area contributed by atoms with Crippen LogP contribution < -0.4 is 10.1 Å². The third-order valence-corrected chi connectivity index (χ3v) is 4.41. The molecule has 1 atom stereocenters. The van der Waals surface area contributed by atoms with Gasteiger partial charge in [0.25, 0.3) is 5.91 Å². The maximum absolute atomic E-state index is 12.7. The summed E-state index contributed by atoms with van der Waals surface area (Å²) in [5.41, 5.74) is 0.588. The lowest BCUT2D eigenvalue weighted by Crippen LogP contribution is -2.35. The molecule has 1 fully saturated rings. The molecule has 2 amide bonds. The van der Waals surface area contributed by atoms with Crippen molar-refractivity contribution < 1.29 is 19.4 Å². The minimum absolute atomic E-state index is 0.0545. The summed E-state index contributed by atoms with van der Waals surface area (Å²) >= 11 is 0. The second-order valence-corrected chi connectivity index (χ2v) is 6.10. The average Bonchev–Trinajstić information content (AvgIpc) is 2.66. The van der Waals surface area contributed by atoms with Crippen molar-refractivity contribution in [3.8, 4) is 5.75 Å². The maximum atomic E-state index is 12.7. The molecule has 1 heterocycles. The molecule has 0 aromatic heterocycles. The van der Waals surface area contributed by atoms with Crippen molar-refractivity contribution in [3.63, 3.8) is 0 Å². The fourth-order valence-corrected chi connectivity index (χ4v) is 2.87. The number of ether oxygens (including phenoxy) is 1. The first-order valence-corrected chi connectivity index (χ1v) is 8.45. The summed E-state index contributed by atoms with van der Waals surface area (Å²) in [5, 5.41) is 12.3. The van der Waals surface area contributed by atoms with E-state index in [0.717, 1.165) is 19.3 Å². The number of aliphatic hydroxyl groups is 1. The molecule has 0 saturated carbocycles. The molecule has 1 aromatic rings. The number of methoxy groups -OCH3 is 1. The van der Waals surface area contributed by atoms with Gasteiger partial charge in [-0.2, -0.15) is 0 Å². The topological polar surface area (TPSA) is 78.9 Å². The van der Waals surface area contributed by atoms with Gasteiger partial charge in [0.15, 0.2) is 0 Å². The molecule has 1 aliphatic heterocycles. The molecule has 0 bridgehead atoms. The minimum Gasteiger partial charge on any atom is -0.497 e. The molecule has 1 unspecified atom stereocenters. The van der Waals surface area contributed by atoms with E-state index in [0.29, 0.717) is 37.4 Å². The van der Waals surface area contributed by atoms with Crippen molar-refractivity contribution >= 4 is 11.8 Å². The zero-order chi connectivity index (χ0) is 17.4. The highest BCUT2D eigenvalue weighted by molar-refractivity contribution is 5.94. The van der Waals surface area contributed by atoms with Gasteiger partial charge in [0.05, 0.1) is 7.11 Å². The van der Waals surface area contributed by atoms with Crippen molar-refractivity contribution in [1.82, 2.24) is 10.2 Å². The Kier molecular flexibility index (Phi) is 7.06. The average molecular weight is 334 g/mol. The van der Waals surface area contributed by atoms with Gasteiger partial charge in [0, 0.05) is 38.2 Å². The normalized spacial score (nSPS) is 20.0. The van der Waals surface area contributed by atoms with E-state index in [4.69, 9.17) is 4.74 Å². The number of carbonyl (C=O) groups is 2. The van der Waals surface area contributed by atoms with Crippen LogP contribution in [0.4, 0.5) is 0 Å². The van der Waals surface area contributed by atoms with E-state index >= 15 is 0 Å². The van der Waals surface area contributed by atoms with E-state index in [1.54, 1.807) is 36.3 Å². The van der Waals surface area contributed by atoms with Crippen LogP contribution in [0.2, 0.25) is 0 Å². The number of nitrogens with one attached hydrogen (secondary N) is 1. The Morgan fingerprint density at radius 2 is 2.04 bits per heavy atom. The smallest absolute Gasteiger partial charge is 0.253 e. The van der Waals surface area contributed by atoms with Crippen LogP contribution >= 0.6 is 0 Å². The fourth-order valence-electron chi connectivity index (χ4n) is 2.87. The summed E-state index contributed by atoms with van der Waals surface area (Å²) in [7, 11) is 1.58. The quantitative estimate of drug-likeness (QED) is 0.877. The van der Waals surface area contributed by atoms with E-state index in [1.807, 2.05) is 0 Å². The number of carbonyl (C=O) groups excluding carboxylic acids is 2. The molecule has 132 valence electrons. The largest absolute Gasteiger partial charge is 0.497 e. The van der Waals surface area contributed by atoms with E-state index in [1.165, 1.54) is 0 Å². The Balaban J connectivity index is 2.06. The van der Waals surface area contributed by atoms with Crippen LogP contribution in [-0.4, -0.2) is 55.2 Å². The maximum Gasteiger partial charge on any atom is 0.253 e.